The summed E-state index contributed by atoms with van der Waals surface area (Å²) in [7, 11) is 0. The molecule has 2 rings (SSSR count). The number of nitriles is 1. The molecule has 0 aliphatic heterocycles. The predicted molar refractivity (Wildman–Crippen MR) is 82.6 cm³/mol. The maximum absolute atomic E-state index is 8.78. The van der Waals surface area contributed by atoms with Gasteiger partial charge in [0, 0.05) is 16.0 Å². The molecule has 0 atom stereocenters. The van der Waals surface area contributed by atoms with Crippen LogP contribution in [-0.2, 0) is 6.54 Å². The second-order valence-corrected chi connectivity index (χ2v) is 5.63. The summed E-state index contributed by atoms with van der Waals surface area (Å²) in [6.07, 6.45) is 0. The van der Waals surface area contributed by atoms with Gasteiger partial charge in [0.1, 0.15) is 0 Å². The van der Waals surface area contributed by atoms with Crippen LogP contribution in [0.15, 0.2) is 40.9 Å². The Kier molecular flexibility index (Phi) is 4.71. The van der Waals surface area contributed by atoms with Crippen molar-refractivity contribution in [3.05, 3.63) is 62.0 Å². The van der Waals surface area contributed by atoms with Crippen LogP contribution in [0.5, 0.6) is 0 Å². The van der Waals surface area contributed by atoms with Gasteiger partial charge in [-0.05, 0) is 42.0 Å². The van der Waals surface area contributed by atoms with Crippen LogP contribution >= 0.6 is 39.1 Å². The van der Waals surface area contributed by atoms with Gasteiger partial charge in [0.05, 0.1) is 22.3 Å². The molecule has 0 aliphatic rings. The second kappa shape index (κ2) is 6.29. The third-order valence-electron chi connectivity index (χ3n) is 2.58. The molecule has 19 heavy (non-hydrogen) atoms. The molecule has 2 aromatic carbocycles. The number of halogens is 3. The first-order chi connectivity index (χ1) is 9.10. The minimum absolute atomic E-state index is 0.519. The van der Waals surface area contributed by atoms with E-state index in [1.165, 1.54) is 0 Å². The number of nitrogens with zero attached hydrogens (tertiary/aromatic N) is 1. The van der Waals surface area contributed by atoms with E-state index < -0.39 is 0 Å². The van der Waals surface area contributed by atoms with Gasteiger partial charge in [-0.15, -0.1) is 0 Å². The normalized spacial score (nSPS) is 10.0. The smallest absolute Gasteiger partial charge is 0.0992 e. The lowest BCUT2D eigenvalue weighted by molar-refractivity contribution is 1.15. The topological polar surface area (TPSA) is 35.8 Å². The van der Waals surface area contributed by atoms with Gasteiger partial charge in [-0.3, -0.25) is 0 Å². The number of rotatable bonds is 3. The monoisotopic (exact) mass is 354 g/mol. The van der Waals surface area contributed by atoms with Crippen LogP contribution in [0, 0.1) is 11.3 Å². The van der Waals surface area contributed by atoms with Crippen molar-refractivity contribution in [1.29, 1.82) is 5.26 Å². The van der Waals surface area contributed by atoms with E-state index in [4.69, 9.17) is 28.5 Å². The molecular formula is C14H9BrCl2N2. The molecule has 0 aromatic heterocycles. The molecule has 0 aliphatic carbocycles. The zero-order chi connectivity index (χ0) is 13.8. The van der Waals surface area contributed by atoms with E-state index >= 15 is 0 Å². The maximum atomic E-state index is 8.78. The molecule has 0 bridgehead atoms. The molecule has 0 saturated carbocycles. The van der Waals surface area contributed by atoms with Crippen LogP contribution in [0.1, 0.15) is 11.1 Å². The first kappa shape index (κ1) is 14.2. The average molecular weight is 356 g/mol. The first-order valence-electron chi connectivity index (χ1n) is 5.47. The summed E-state index contributed by atoms with van der Waals surface area (Å²) in [6, 6.07) is 12.9. The van der Waals surface area contributed by atoms with Gasteiger partial charge < -0.3 is 5.32 Å². The minimum atomic E-state index is 0.519. The van der Waals surface area contributed by atoms with Crippen molar-refractivity contribution >= 4 is 44.8 Å². The summed E-state index contributed by atoms with van der Waals surface area (Å²) >= 11 is 15.6. The van der Waals surface area contributed by atoms with E-state index in [9.17, 15) is 0 Å². The van der Waals surface area contributed by atoms with Crippen molar-refractivity contribution in [1.82, 2.24) is 0 Å². The highest BCUT2D eigenvalue weighted by atomic mass is 79.9. The van der Waals surface area contributed by atoms with Gasteiger partial charge in [-0.25, -0.2) is 0 Å². The van der Waals surface area contributed by atoms with Crippen molar-refractivity contribution in [3.8, 4) is 6.07 Å². The van der Waals surface area contributed by atoms with E-state index in [0.29, 0.717) is 22.2 Å². The predicted octanol–water partition coefficient (Wildman–Crippen LogP) is 5.24. The summed E-state index contributed by atoms with van der Waals surface area (Å²) < 4.78 is 0.972. The van der Waals surface area contributed by atoms with Gasteiger partial charge in [0.2, 0.25) is 0 Å². The number of nitrogens with one attached hydrogen (secondary N) is 1. The lowest BCUT2D eigenvalue weighted by Crippen LogP contribution is -2.00. The SMILES string of the molecule is N#Cc1ccc(NCc2cc(Br)ccc2Cl)c(Cl)c1. The summed E-state index contributed by atoms with van der Waals surface area (Å²) in [5.74, 6) is 0. The Morgan fingerprint density at radius 3 is 2.58 bits per heavy atom. The van der Waals surface area contributed by atoms with Crippen molar-refractivity contribution in [3.63, 3.8) is 0 Å². The highest BCUT2D eigenvalue weighted by molar-refractivity contribution is 9.10. The Hall–Kier alpha value is -1.21. The number of hydrogen-bond donors (Lipinski definition) is 1. The molecule has 0 saturated heterocycles. The summed E-state index contributed by atoms with van der Waals surface area (Å²) in [4.78, 5) is 0. The fraction of sp³-hybridized carbons (Fsp3) is 0.0714. The molecule has 0 unspecified atom stereocenters. The molecule has 0 heterocycles. The molecule has 0 amide bonds. The molecule has 0 radical (unpaired) electrons. The highest BCUT2D eigenvalue weighted by Crippen LogP contribution is 2.26. The van der Waals surface area contributed by atoms with Crippen LogP contribution < -0.4 is 5.32 Å². The van der Waals surface area contributed by atoms with Crippen molar-refractivity contribution in [2.24, 2.45) is 0 Å². The zero-order valence-electron chi connectivity index (χ0n) is 9.75. The molecule has 0 fully saturated rings. The van der Waals surface area contributed by atoms with Crippen LogP contribution in [-0.4, -0.2) is 0 Å². The zero-order valence-corrected chi connectivity index (χ0v) is 12.9. The molecule has 1 N–H and O–H groups in total. The summed E-state index contributed by atoms with van der Waals surface area (Å²) in [5.41, 5.74) is 2.28. The summed E-state index contributed by atoms with van der Waals surface area (Å²) in [5, 5.41) is 13.2. The first-order valence-corrected chi connectivity index (χ1v) is 7.02. The van der Waals surface area contributed by atoms with Gasteiger partial charge in [0.25, 0.3) is 0 Å². The molecule has 5 heteroatoms. The number of anilines is 1. The molecule has 0 spiro atoms. The lowest BCUT2D eigenvalue weighted by atomic mass is 10.2. The van der Waals surface area contributed by atoms with Gasteiger partial charge >= 0.3 is 0 Å². The second-order valence-electron chi connectivity index (χ2n) is 3.90. The Balaban J connectivity index is 2.15. The van der Waals surface area contributed by atoms with Gasteiger partial charge in [-0.1, -0.05) is 39.1 Å². The third kappa shape index (κ3) is 3.63. The van der Waals surface area contributed by atoms with Crippen LogP contribution in [0.4, 0.5) is 5.69 Å². The Morgan fingerprint density at radius 2 is 1.89 bits per heavy atom. The van der Waals surface area contributed by atoms with Crippen LogP contribution in [0.3, 0.4) is 0 Å². The van der Waals surface area contributed by atoms with Crippen molar-refractivity contribution in [2.45, 2.75) is 6.54 Å². The number of benzene rings is 2. The fourth-order valence-corrected chi connectivity index (χ4v) is 2.44. The largest absolute Gasteiger partial charge is 0.380 e. The van der Waals surface area contributed by atoms with Crippen molar-refractivity contribution < 1.29 is 0 Å². The Labute approximate surface area is 130 Å². The molecular weight excluding hydrogens is 347 g/mol. The van der Waals surface area contributed by atoms with E-state index in [2.05, 4.69) is 21.2 Å². The highest BCUT2D eigenvalue weighted by Gasteiger charge is 2.04. The summed E-state index contributed by atoms with van der Waals surface area (Å²) in [6.45, 7) is 0.559. The minimum Gasteiger partial charge on any atom is -0.380 e. The average Bonchev–Trinajstić information content (AvgIpc) is 2.40. The molecule has 2 aromatic rings. The van der Waals surface area contributed by atoms with E-state index in [-0.39, 0.29) is 0 Å². The van der Waals surface area contributed by atoms with Gasteiger partial charge in [0.15, 0.2) is 0 Å². The standard InChI is InChI=1S/C14H9BrCl2N2/c15-11-2-3-12(16)10(6-11)8-19-14-4-1-9(7-18)5-13(14)17/h1-6,19H,8H2. The van der Waals surface area contributed by atoms with Crippen LogP contribution in [0.2, 0.25) is 10.0 Å². The quantitative estimate of drug-likeness (QED) is 0.817. The third-order valence-corrected chi connectivity index (χ3v) is 3.75. The van der Waals surface area contributed by atoms with E-state index in [0.717, 1.165) is 15.7 Å². The fourth-order valence-electron chi connectivity index (χ4n) is 1.60. The van der Waals surface area contributed by atoms with E-state index in [1.807, 2.05) is 24.3 Å². The Bertz CT molecular complexity index is 650. The van der Waals surface area contributed by atoms with Gasteiger partial charge in [-0.2, -0.15) is 5.26 Å². The van der Waals surface area contributed by atoms with E-state index in [1.54, 1.807) is 18.2 Å². The molecule has 96 valence electrons. The van der Waals surface area contributed by atoms with Crippen molar-refractivity contribution in [2.75, 3.05) is 5.32 Å². The maximum Gasteiger partial charge on any atom is 0.0992 e. The van der Waals surface area contributed by atoms with Crippen LogP contribution in [0.25, 0.3) is 0 Å². The lowest BCUT2D eigenvalue weighted by Gasteiger charge is -2.10. The Morgan fingerprint density at radius 1 is 1.11 bits per heavy atom. The molecule has 2 nitrogen and oxygen atoms in total. The number of hydrogen-bond acceptors (Lipinski definition) is 2.